The Bertz CT molecular complexity index is 1780. The smallest absolute Gasteiger partial charge is 0.0549 e. The van der Waals surface area contributed by atoms with Gasteiger partial charge in [0, 0.05) is 22.4 Å². The van der Waals surface area contributed by atoms with Crippen molar-refractivity contribution in [2.45, 2.75) is 19.3 Å². The second-order valence-electron chi connectivity index (χ2n) is 10.6. The Kier molecular flexibility index (Phi) is 5.19. The van der Waals surface area contributed by atoms with Crippen LogP contribution in [0.1, 0.15) is 25.0 Å². The van der Waals surface area contributed by atoms with E-state index in [4.69, 9.17) is 0 Å². The second kappa shape index (κ2) is 8.75. The van der Waals surface area contributed by atoms with Crippen LogP contribution in [-0.4, -0.2) is 0 Å². The fourth-order valence-electron chi connectivity index (χ4n) is 6.27. The van der Waals surface area contributed by atoms with Crippen molar-refractivity contribution in [3.63, 3.8) is 0 Å². The van der Waals surface area contributed by atoms with E-state index in [1.54, 1.807) is 0 Å². The van der Waals surface area contributed by atoms with E-state index in [9.17, 15) is 0 Å². The zero-order chi connectivity index (χ0) is 25.7. The van der Waals surface area contributed by atoms with Gasteiger partial charge < -0.3 is 4.90 Å². The fraction of sp³-hybridized carbons (Fsp3) is 0.0811. The summed E-state index contributed by atoms with van der Waals surface area (Å²) in [7, 11) is 0. The van der Waals surface area contributed by atoms with E-state index in [2.05, 4.69) is 158 Å². The highest BCUT2D eigenvalue weighted by molar-refractivity contribution is 6.06. The molecule has 6 aromatic rings. The minimum absolute atomic E-state index is 0.101. The highest BCUT2D eigenvalue weighted by atomic mass is 15.1. The van der Waals surface area contributed by atoms with Gasteiger partial charge in [-0.3, -0.25) is 0 Å². The van der Waals surface area contributed by atoms with Gasteiger partial charge in [0.15, 0.2) is 0 Å². The monoisotopic (exact) mass is 487 g/mol. The number of fused-ring (bicyclic) bond motifs is 5. The summed E-state index contributed by atoms with van der Waals surface area (Å²) in [6.45, 7) is 4.74. The van der Waals surface area contributed by atoms with Crippen LogP contribution in [0.3, 0.4) is 0 Å². The lowest BCUT2D eigenvalue weighted by Crippen LogP contribution is -2.16. The van der Waals surface area contributed by atoms with Gasteiger partial charge in [0.05, 0.1) is 5.69 Å². The molecule has 0 amide bonds. The SMILES string of the molecule is CC1(C)c2ccccc2-c2c(N(c3ccccc3)c3cccc(-c4ccccc4)c3)cc3ccccc3c21. The molecule has 0 aliphatic heterocycles. The first-order chi connectivity index (χ1) is 18.6. The Balaban J connectivity index is 1.56. The number of hydrogen-bond acceptors (Lipinski definition) is 1. The molecule has 0 saturated carbocycles. The molecule has 7 rings (SSSR count). The molecule has 0 spiro atoms. The lowest BCUT2D eigenvalue weighted by atomic mass is 9.80. The quantitative estimate of drug-likeness (QED) is 0.239. The van der Waals surface area contributed by atoms with Crippen LogP contribution in [-0.2, 0) is 5.41 Å². The van der Waals surface area contributed by atoms with Gasteiger partial charge in [-0.2, -0.15) is 0 Å². The summed E-state index contributed by atoms with van der Waals surface area (Å²) in [5, 5.41) is 2.60. The summed E-state index contributed by atoms with van der Waals surface area (Å²) >= 11 is 0. The van der Waals surface area contributed by atoms with Crippen LogP contribution >= 0.6 is 0 Å². The topological polar surface area (TPSA) is 3.24 Å². The van der Waals surface area contributed by atoms with E-state index in [0.717, 1.165) is 11.4 Å². The van der Waals surface area contributed by atoms with Crippen LogP contribution in [0, 0.1) is 0 Å². The van der Waals surface area contributed by atoms with E-state index in [1.165, 1.54) is 49.8 Å². The van der Waals surface area contributed by atoms with E-state index in [1.807, 2.05) is 0 Å². The maximum Gasteiger partial charge on any atom is 0.0549 e. The number of benzene rings is 6. The van der Waals surface area contributed by atoms with E-state index >= 15 is 0 Å². The van der Waals surface area contributed by atoms with Gasteiger partial charge in [0.2, 0.25) is 0 Å². The van der Waals surface area contributed by atoms with Gasteiger partial charge in [0.1, 0.15) is 0 Å². The minimum atomic E-state index is -0.101. The fourth-order valence-corrected chi connectivity index (χ4v) is 6.27. The van der Waals surface area contributed by atoms with Gasteiger partial charge in [-0.15, -0.1) is 0 Å². The molecule has 1 heteroatoms. The van der Waals surface area contributed by atoms with E-state index in [-0.39, 0.29) is 5.41 Å². The molecule has 0 fully saturated rings. The van der Waals surface area contributed by atoms with Crippen molar-refractivity contribution in [2.24, 2.45) is 0 Å². The summed E-state index contributed by atoms with van der Waals surface area (Å²) in [5.74, 6) is 0. The van der Waals surface area contributed by atoms with Gasteiger partial charge in [-0.1, -0.05) is 123 Å². The Hall–Kier alpha value is -4.62. The summed E-state index contributed by atoms with van der Waals surface area (Å²) in [5.41, 5.74) is 11.3. The van der Waals surface area contributed by atoms with Crippen LogP contribution in [0.25, 0.3) is 33.0 Å². The van der Waals surface area contributed by atoms with E-state index < -0.39 is 0 Å². The van der Waals surface area contributed by atoms with Crippen molar-refractivity contribution in [2.75, 3.05) is 4.90 Å². The normalized spacial score (nSPS) is 13.2. The number of hydrogen-bond donors (Lipinski definition) is 0. The van der Waals surface area contributed by atoms with Crippen LogP contribution in [0.2, 0.25) is 0 Å². The Morgan fingerprint density at radius 3 is 1.97 bits per heavy atom. The van der Waals surface area contributed by atoms with Crippen molar-refractivity contribution >= 4 is 27.8 Å². The largest absolute Gasteiger partial charge is 0.310 e. The Morgan fingerprint density at radius 2 is 1.16 bits per heavy atom. The molecule has 38 heavy (non-hydrogen) atoms. The van der Waals surface area contributed by atoms with Crippen LogP contribution in [0.4, 0.5) is 17.1 Å². The first-order valence-corrected chi connectivity index (χ1v) is 13.3. The summed E-state index contributed by atoms with van der Waals surface area (Å²) in [4.78, 5) is 2.44. The molecule has 0 heterocycles. The predicted octanol–water partition coefficient (Wildman–Crippen LogP) is 10.3. The van der Waals surface area contributed by atoms with Gasteiger partial charge >= 0.3 is 0 Å². The van der Waals surface area contributed by atoms with Crippen molar-refractivity contribution in [1.29, 1.82) is 0 Å². The van der Waals surface area contributed by atoms with Crippen LogP contribution in [0.5, 0.6) is 0 Å². The molecule has 6 aromatic carbocycles. The molecular weight excluding hydrogens is 458 g/mol. The maximum atomic E-state index is 2.44. The molecule has 0 N–H and O–H groups in total. The molecule has 1 nitrogen and oxygen atoms in total. The zero-order valence-electron chi connectivity index (χ0n) is 21.7. The maximum absolute atomic E-state index is 2.44. The van der Waals surface area contributed by atoms with Crippen molar-refractivity contribution in [1.82, 2.24) is 0 Å². The minimum Gasteiger partial charge on any atom is -0.310 e. The predicted molar refractivity (Wildman–Crippen MR) is 162 cm³/mol. The molecule has 0 aromatic heterocycles. The van der Waals surface area contributed by atoms with Crippen molar-refractivity contribution in [3.8, 4) is 22.3 Å². The third-order valence-corrected chi connectivity index (χ3v) is 7.99. The molecule has 0 radical (unpaired) electrons. The zero-order valence-corrected chi connectivity index (χ0v) is 21.7. The molecule has 0 saturated heterocycles. The summed E-state index contributed by atoms with van der Waals surface area (Å²) < 4.78 is 0. The van der Waals surface area contributed by atoms with Crippen molar-refractivity contribution < 1.29 is 0 Å². The lowest BCUT2D eigenvalue weighted by molar-refractivity contribution is 0.666. The summed E-state index contributed by atoms with van der Waals surface area (Å²) in [6.07, 6.45) is 0. The number of nitrogens with zero attached hydrogens (tertiary/aromatic N) is 1. The lowest BCUT2D eigenvalue weighted by Gasteiger charge is -2.30. The Morgan fingerprint density at radius 1 is 0.526 bits per heavy atom. The number of rotatable bonds is 4. The molecule has 1 aliphatic carbocycles. The molecule has 182 valence electrons. The van der Waals surface area contributed by atoms with Gasteiger partial charge in [0.25, 0.3) is 0 Å². The highest BCUT2D eigenvalue weighted by Gasteiger charge is 2.39. The molecule has 1 aliphatic rings. The van der Waals surface area contributed by atoms with E-state index in [0.29, 0.717) is 0 Å². The first kappa shape index (κ1) is 22.6. The number of anilines is 3. The standard InChI is InChI=1S/C37H29N/c1-37(2)33-23-12-11-22-32(33)35-34(25-28-16-9-10-21-31(28)36(35)37)38(29-18-7-4-8-19-29)30-20-13-17-27(24-30)26-14-5-3-6-15-26/h3-25H,1-2H3. The average Bonchev–Trinajstić information content (AvgIpc) is 3.22. The third-order valence-electron chi connectivity index (χ3n) is 7.99. The van der Waals surface area contributed by atoms with Gasteiger partial charge in [-0.05, 0) is 68.9 Å². The average molecular weight is 488 g/mol. The third kappa shape index (κ3) is 3.47. The van der Waals surface area contributed by atoms with Crippen LogP contribution in [0.15, 0.2) is 140 Å². The summed E-state index contributed by atoms with van der Waals surface area (Å²) in [6, 6.07) is 50.5. The highest BCUT2D eigenvalue weighted by Crippen LogP contribution is 2.56. The molecule has 0 bridgehead atoms. The van der Waals surface area contributed by atoms with Gasteiger partial charge in [-0.25, -0.2) is 0 Å². The first-order valence-electron chi connectivity index (χ1n) is 13.3. The molecule has 0 atom stereocenters. The Labute approximate surface area is 224 Å². The van der Waals surface area contributed by atoms with Crippen molar-refractivity contribution in [3.05, 3.63) is 151 Å². The van der Waals surface area contributed by atoms with Crippen LogP contribution < -0.4 is 4.90 Å². The molecule has 0 unspecified atom stereocenters. The number of para-hydroxylation sites is 1. The second-order valence-corrected chi connectivity index (χ2v) is 10.6. The molecular formula is C37H29N.